The molecule has 0 heterocycles. The van der Waals surface area contributed by atoms with Crippen molar-refractivity contribution >= 4 is 21.7 Å². The summed E-state index contributed by atoms with van der Waals surface area (Å²) in [5.41, 5.74) is 1.71. The number of rotatable bonds is 2. The number of carbonyl (C=O) groups excluding carboxylic acids is 1. The summed E-state index contributed by atoms with van der Waals surface area (Å²) in [7, 11) is 0. The molecule has 13 heavy (non-hydrogen) atoms. The lowest BCUT2D eigenvalue weighted by Crippen LogP contribution is -1.97. The van der Waals surface area contributed by atoms with Crippen molar-refractivity contribution in [3.8, 4) is 5.75 Å². The van der Waals surface area contributed by atoms with Crippen molar-refractivity contribution in [1.29, 1.82) is 0 Å². The topological polar surface area (TPSA) is 37.3 Å². The summed E-state index contributed by atoms with van der Waals surface area (Å²) in [6.45, 7) is 3.43. The largest absolute Gasteiger partial charge is 0.506 e. The molecule has 1 rings (SSSR count). The standard InChI is InChI=1S/C10H11BrO2/c1-6-3-8(5-7(2)12)10(13)9(11)4-6/h3-4,13H,5H2,1-2H3. The summed E-state index contributed by atoms with van der Waals surface area (Å²) >= 11 is 3.23. The molecule has 0 saturated carbocycles. The highest BCUT2D eigenvalue weighted by Gasteiger charge is 2.08. The van der Waals surface area contributed by atoms with Crippen molar-refractivity contribution in [3.63, 3.8) is 0 Å². The molecular formula is C10H11BrO2. The Bertz CT molecular complexity index is 345. The Balaban J connectivity index is 3.12. The third-order valence-electron chi connectivity index (χ3n) is 1.73. The van der Waals surface area contributed by atoms with Crippen molar-refractivity contribution in [1.82, 2.24) is 0 Å². The number of Topliss-reactive ketones (excluding diaryl/α,β-unsaturated/α-hetero) is 1. The van der Waals surface area contributed by atoms with Crippen molar-refractivity contribution in [2.45, 2.75) is 20.3 Å². The highest BCUT2D eigenvalue weighted by Crippen LogP contribution is 2.29. The summed E-state index contributed by atoms with van der Waals surface area (Å²) in [5, 5.41) is 9.57. The van der Waals surface area contributed by atoms with E-state index in [4.69, 9.17) is 0 Å². The van der Waals surface area contributed by atoms with Gasteiger partial charge in [0.25, 0.3) is 0 Å². The molecule has 0 aliphatic carbocycles. The number of halogens is 1. The maximum absolute atomic E-state index is 10.9. The average molecular weight is 243 g/mol. The molecular weight excluding hydrogens is 232 g/mol. The first kappa shape index (κ1) is 10.3. The number of hydrogen-bond acceptors (Lipinski definition) is 2. The molecule has 2 nitrogen and oxygen atoms in total. The molecule has 0 unspecified atom stereocenters. The Kier molecular flexibility index (Phi) is 3.09. The number of hydrogen-bond donors (Lipinski definition) is 1. The van der Waals surface area contributed by atoms with Crippen LogP contribution in [-0.2, 0) is 11.2 Å². The van der Waals surface area contributed by atoms with E-state index in [0.29, 0.717) is 10.0 Å². The van der Waals surface area contributed by atoms with Crippen LogP contribution < -0.4 is 0 Å². The van der Waals surface area contributed by atoms with Crippen LogP contribution in [0.4, 0.5) is 0 Å². The lowest BCUT2D eigenvalue weighted by molar-refractivity contribution is -0.116. The summed E-state index contributed by atoms with van der Waals surface area (Å²) < 4.78 is 0.642. The van der Waals surface area contributed by atoms with Crippen molar-refractivity contribution < 1.29 is 9.90 Å². The van der Waals surface area contributed by atoms with Gasteiger partial charge in [0, 0.05) is 12.0 Å². The van der Waals surface area contributed by atoms with Crippen LogP contribution in [0.5, 0.6) is 5.75 Å². The third kappa shape index (κ3) is 2.56. The molecule has 0 saturated heterocycles. The molecule has 0 fully saturated rings. The van der Waals surface area contributed by atoms with Gasteiger partial charge in [0.2, 0.25) is 0 Å². The van der Waals surface area contributed by atoms with Gasteiger partial charge in [0.15, 0.2) is 0 Å². The van der Waals surface area contributed by atoms with E-state index in [1.807, 2.05) is 19.1 Å². The molecule has 0 amide bonds. The van der Waals surface area contributed by atoms with Gasteiger partial charge in [-0.1, -0.05) is 6.07 Å². The van der Waals surface area contributed by atoms with Gasteiger partial charge in [-0.25, -0.2) is 0 Å². The summed E-state index contributed by atoms with van der Waals surface area (Å²) in [4.78, 5) is 10.9. The minimum Gasteiger partial charge on any atom is -0.506 e. The Morgan fingerprint density at radius 2 is 2.15 bits per heavy atom. The van der Waals surface area contributed by atoms with Crippen LogP contribution in [0.2, 0.25) is 0 Å². The molecule has 0 atom stereocenters. The highest BCUT2D eigenvalue weighted by atomic mass is 79.9. The van der Waals surface area contributed by atoms with Crippen LogP contribution in [0.3, 0.4) is 0 Å². The fourth-order valence-corrected chi connectivity index (χ4v) is 1.83. The van der Waals surface area contributed by atoms with Crippen LogP contribution in [0, 0.1) is 6.92 Å². The lowest BCUT2D eigenvalue weighted by Gasteiger charge is -2.05. The number of aromatic hydroxyl groups is 1. The number of benzene rings is 1. The Hall–Kier alpha value is -0.830. The second kappa shape index (κ2) is 3.92. The summed E-state index contributed by atoms with van der Waals surface area (Å²) in [5.74, 6) is 0.216. The average Bonchev–Trinajstić information content (AvgIpc) is 1.98. The molecule has 3 heteroatoms. The molecule has 0 spiro atoms. The number of ketones is 1. The van der Waals surface area contributed by atoms with E-state index in [-0.39, 0.29) is 18.0 Å². The highest BCUT2D eigenvalue weighted by molar-refractivity contribution is 9.10. The molecule has 1 aromatic rings. The second-order valence-corrected chi connectivity index (χ2v) is 3.99. The molecule has 0 aliphatic rings. The van der Waals surface area contributed by atoms with Crippen LogP contribution >= 0.6 is 15.9 Å². The maximum Gasteiger partial charge on any atom is 0.134 e. The fraction of sp³-hybridized carbons (Fsp3) is 0.300. The van der Waals surface area contributed by atoms with Gasteiger partial charge in [-0.3, -0.25) is 4.79 Å². The van der Waals surface area contributed by atoms with Crippen LogP contribution in [-0.4, -0.2) is 10.9 Å². The first-order valence-electron chi connectivity index (χ1n) is 3.98. The van der Waals surface area contributed by atoms with Crippen molar-refractivity contribution in [2.24, 2.45) is 0 Å². The van der Waals surface area contributed by atoms with E-state index in [1.165, 1.54) is 6.92 Å². The lowest BCUT2D eigenvalue weighted by atomic mass is 10.1. The normalized spacial score (nSPS) is 10.1. The number of phenolic OH excluding ortho intramolecular Hbond substituents is 1. The van der Waals surface area contributed by atoms with Gasteiger partial charge in [0.1, 0.15) is 11.5 Å². The second-order valence-electron chi connectivity index (χ2n) is 3.13. The Morgan fingerprint density at radius 3 is 2.69 bits per heavy atom. The van der Waals surface area contributed by atoms with Gasteiger partial charge >= 0.3 is 0 Å². The minimum absolute atomic E-state index is 0.0489. The van der Waals surface area contributed by atoms with Crippen molar-refractivity contribution in [2.75, 3.05) is 0 Å². The predicted octanol–water partition coefficient (Wildman–Crippen LogP) is 2.59. The monoisotopic (exact) mass is 242 g/mol. The van der Waals surface area contributed by atoms with E-state index in [9.17, 15) is 9.90 Å². The van der Waals surface area contributed by atoms with E-state index >= 15 is 0 Å². The maximum atomic E-state index is 10.9. The minimum atomic E-state index is 0.0489. The van der Waals surface area contributed by atoms with E-state index in [0.717, 1.165) is 5.56 Å². The zero-order chi connectivity index (χ0) is 10.0. The molecule has 1 N–H and O–H groups in total. The Morgan fingerprint density at radius 1 is 1.54 bits per heavy atom. The molecule has 0 aromatic heterocycles. The SMILES string of the molecule is CC(=O)Cc1cc(C)cc(Br)c1O. The number of carbonyl (C=O) groups is 1. The van der Waals surface area contributed by atoms with Gasteiger partial charge < -0.3 is 5.11 Å². The van der Waals surface area contributed by atoms with E-state index in [2.05, 4.69) is 15.9 Å². The zero-order valence-electron chi connectivity index (χ0n) is 7.60. The van der Waals surface area contributed by atoms with E-state index < -0.39 is 0 Å². The van der Waals surface area contributed by atoms with Crippen LogP contribution in [0.25, 0.3) is 0 Å². The van der Waals surface area contributed by atoms with Crippen molar-refractivity contribution in [3.05, 3.63) is 27.7 Å². The summed E-state index contributed by atoms with van der Waals surface area (Å²) in [6.07, 6.45) is 0.284. The number of aryl methyl sites for hydroxylation is 1. The first-order valence-corrected chi connectivity index (χ1v) is 4.77. The van der Waals surface area contributed by atoms with Crippen LogP contribution in [0.15, 0.2) is 16.6 Å². The van der Waals surface area contributed by atoms with Gasteiger partial charge in [-0.2, -0.15) is 0 Å². The predicted molar refractivity (Wildman–Crippen MR) is 54.9 cm³/mol. The third-order valence-corrected chi connectivity index (χ3v) is 2.33. The first-order chi connectivity index (χ1) is 6.00. The molecule has 0 aliphatic heterocycles. The number of phenols is 1. The Labute approximate surface area is 85.7 Å². The molecule has 70 valence electrons. The van der Waals surface area contributed by atoms with Gasteiger partial charge in [0.05, 0.1) is 4.47 Å². The van der Waals surface area contributed by atoms with Gasteiger partial charge in [-0.15, -0.1) is 0 Å². The smallest absolute Gasteiger partial charge is 0.134 e. The fourth-order valence-electron chi connectivity index (χ4n) is 1.21. The van der Waals surface area contributed by atoms with Gasteiger partial charge in [-0.05, 0) is 41.4 Å². The quantitative estimate of drug-likeness (QED) is 0.866. The van der Waals surface area contributed by atoms with Crippen LogP contribution in [0.1, 0.15) is 18.1 Å². The molecule has 0 radical (unpaired) electrons. The molecule has 1 aromatic carbocycles. The van der Waals surface area contributed by atoms with E-state index in [1.54, 1.807) is 0 Å². The molecule has 0 bridgehead atoms. The zero-order valence-corrected chi connectivity index (χ0v) is 9.18. The summed E-state index contributed by atoms with van der Waals surface area (Å²) in [6, 6.07) is 3.64.